The molecule has 2 N–H and O–H groups in total. The molecule has 138 valence electrons. The van der Waals surface area contributed by atoms with Crippen LogP contribution in [0.25, 0.3) is 0 Å². The maximum Gasteiger partial charge on any atom is 0.326 e. The molecule has 1 aliphatic rings. The van der Waals surface area contributed by atoms with Crippen LogP contribution in [0.4, 0.5) is 5.82 Å². The molecule has 1 saturated heterocycles. The largest absolute Gasteiger partial charge is 0.480 e. The average molecular weight is 369 g/mol. The van der Waals surface area contributed by atoms with Gasteiger partial charge >= 0.3 is 5.97 Å². The van der Waals surface area contributed by atoms with Gasteiger partial charge in [-0.3, -0.25) is 4.79 Å². The SMILES string of the molecule is CCCC[C@H](Nc1ccc(C(=O)N2CCS(=O)(=O)CC2)cn1)C(=O)O. The van der Waals surface area contributed by atoms with Gasteiger partial charge < -0.3 is 15.3 Å². The van der Waals surface area contributed by atoms with Gasteiger partial charge in [-0.05, 0) is 18.6 Å². The highest BCUT2D eigenvalue weighted by Crippen LogP contribution is 2.13. The van der Waals surface area contributed by atoms with Crippen LogP contribution in [0.15, 0.2) is 18.3 Å². The first-order valence-corrected chi connectivity index (χ1v) is 10.1. The van der Waals surface area contributed by atoms with Gasteiger partial charge in [0.1, 0.15) is 11.9 Å². The number of aromatic nitrogens is 1. The summed E-state index contributed by atoms with van der Waals surface area (Å²) in [5.41, 5.74) is 0.352. The molecule has 0 bridgehead atoms. The number of nitrogens with one attached hydrogen (secondary N) is 1. The topological polar surface area (TPSA) is 117 Å². The van der Waals surface area contributed by atoms with Crippen molar-refractivity contribution in [3.05, 3.63) is 23.9 Å². The van der Waals surface area contributed by atoms with Gasteiger partial charge in [-0.25, -0.2) is 18.2 Å². The standard InChI is InChI=1S/C16H23N3O5S/c1-2-3-4-13(16(21)22)18-14-6-5-12(11-17-14)15(20)19-7-9-25(23,24)10-8-19/h5-6,11,13H,2-4,7-10H2,1H3,(H,17,18)(H,21,22)/t13-/m0/s1. The molecule has 0 spiro atoms. The predicted octanol–water partition coefficient (Wildman–Crippen LogP) is 1.01. The summed E-state index contributed by atoms with van der Waals surface area (Å²) in [6.45, 7) is 2.35. The van der Waals surface area contributed by atoms with E-state index < -0.39 is 21.8 Å². The van der Waals surface area contributed by atoms with E-state index >= 15 is 0 Å². The van der Waals surface area contributed by atoms with E-state index in [0.717, 1.165) is 12.8 Å². The molecule has 0 radical (unpaired) electrons. The number of hydrogen-bond donors (Lipinski definition) is 2. The Morgan fingerprint density at radius 2 is 2.00 bits per heavy atom. The smallest absolute Gasteiger partial charge is 0.326 e. The first-order chi connectivity index (χ1) is 11.8. The Bertz CT molecular complexity index is 704. The monoisotopic (exact) mass is 369 g/mol. The van der Waals surface area contributed by atoms with Gasteiger partial charge in [0.15, 0.2) is 9.84 Å². The molecule has 0 unspecified atom stereocenters. The molecule has 2 rings (SSSR count). The lowest BCUT2D eigenvalue weighted by Gasteiger charge is -2.26. The average Bonchev–Trinajstić information content (AvgIpc) is 2.58. The fourth-order valence-corrected chi connectivity index (χ4v) is 3.75. The number of carbonyl (C=O) groups excluding carboxylic acids is 1. The van der Waals surface area contributed by atoms with Crippen LogP contribution < -0.4 is 5.32 Å². The minimum atomic E-state index is -3.04. The second-order valence-corrected chi connectivity index (χ2v) is 8.36. The van der Waals surface area contributed by atoms with E-state index in [2.05, 4.69) is 10.3 Å². The van der Waals surface area contributed by atoms with Gasteiger partial charge in [0.25, 0.3) is 5.91 Å². The zero-order chi connectivity index (χ0) is 18.4. The lowest BCUT2D eigenvalue weighted by molar-refractivity contribution is -0.138. The van der Waals surface area contributed by atoms with Gasteiger partial charge in [0.05, 0.1) is 17.1 Å². The fourth-order valence-electron chi connectivity index (χ4n) is 2.55. The van der Waals surface area contributed by atoms with Gasteiger partial charge in [0, 0.05) is 19.3 Å². The maximum absolute atomic E-state index is 12.4. The number of sulfone groups is 1. The number of nitrogens with zero attached hydrogens (tertiary/aromatic N) is 2. The van der Waals surface area contributed by atoms with E-state index in [1.165, 1.54) is 11.1 Å². The number of hydrogen-bond acceptors (Lipinski definition) is 6. The molecule has 1 atom stereocenters. The third-order valence-electron chi connectivity index (χ3n) is 4.11. The molecular weight excluding hydrogens is 346 g/mol. The predicted molar refractivity (Wildman–Crippen MR) is 93.4 cm³/mol. The molecule has 2 heterocycles. The Kier molecular flexibility index (Phi) is 6.35. The second-order valence-electron chi connectivity index (χ2n) is 6.05. The van der Waals surface area contributed by atoms with Gasteiger partial charge in [-0.2, -0.15) is 0 Å². The van der Waals surface area contributed by atoms with Crippen molar-refractivity contribution < 1.29 is 23.1 Å². The number of amides is 1. The molecule has 0 saturated carbocycles. The Labute approximate surface area is 147 Å². The summed E-state index contributed by atoms with van der Waals surface area (Å²) < 4.78 is 22.9. The summed E-state index contributed by atoms with van der Waals surface area (Å²) in [5, 5.41) is 12.1. The van der Waals surface area contributed by atoms with Crippen LogP contribution in [0.1, 0.15) is 36.5 Å². The minimum absolute atomic E-state index is 0.0243. The highest BCUT2D eigenvalue weighted by molar-refractivity contribution is 7.91. The second kappa shape index (κ2) is 8.28. The number of carboxylic acids is 1. The summed E-state index contributed by atoms with van der Waals surface area (Å²) in [4.78, 5) is 29.2. The summed E-state index contributed by atoms with van der Waals surface area (Å²) >= 11 is 0. The van der Waals surface area contributed by atoms with Crippen LogP contribution in [0.2, 0.25) is 0 Å². The van der Waals surface area contributed by atoms with E-state index in [9.17, 15) is 23.1 Å². The molecule has 0 aromatic carbocycles. The highest BCUT2D eigenvalue weighted by Gasteiger charge is 2.26. The van der Waals surface area contributed by atoms with E-state index in [4.69, 9.17) is 0 Å². The number of carboxylic acid groups (broad SMARTS) is 1. The molecule has 0 aliphatic carbocycles. The van der Waals surface area contributed by atoms with Crippen LogP contribution in [0, 0.1) is 0 Å². The van der Waals surface area contributed by atoms with Crippen LogP contribution in [-0.4, -0.2) is 65.9 Å². The minimum Gasteiger partial charge on any atom is -0.480 e. The van der Waals surface area contributed by atoms with Crippen LogP contribution in [-0.2, 0) is 14.6 Å². The summed E-state index contributed by atoms with van der Waals surface area (Å²) in [6.07, 6.45) is 3.57. The quantitative estimate of drug-likeness (QED) is 0.736. The highest BCUT2D eigenvalue weighted by atomic mass is 32.2. The van der Waals surface area contributed by atoms with Gasteiger partial charge in [-0.15, -0.1) is 0 Å². The summed E-state index contributed by atoms with van der Waals surface area (Å²) in [7, 11) is -3.04. The van der Waals surface area contributed by atoms with Crippen molar-refractivity contribution in [2.24, 2.45) is 0 Å². The van der Waals surface area contributed by atoms with Crippen molar-refractivity contribution in [2.75, 3.05) is 29.9 Å². The Morgan fingerprint density at radius 1 is 1.32 bits per heavy atom. The normalized spacial score (nSPS) is 17.7. The number of anilines is 1. The Balaban J connectivity index is 1.99. The first-order valence-electron chi connectivity index (χ1n) is 8.27. The van der Waals surface area contributed by atoms with Crippen molar-refractivity contribution in [1.29, 1.82) is 0 Å². The molecular formula is C16H23N3O5S. The van der Waals surface area contributed by atoms with E-state index in [-0.39, 0.29) is 30.5 Å². The van der Waals surface area contributed by atoms with Crippen molar-refractivity contribution in [3.8, 4) is 0 Å². The lowest BCUT2D eigenvalue weighted by atomic mass is 10.1. The van der Waals surface area contributed by atoms with Crippen LogP contribution >= 0.6 is 0 Å². The molecule has 1 aromatic heterocycles. The fraction of sp³-hybridized carbons (Fsp3) is 0.562. The molecule has 1 aliphatic heterocycles. The van der Waals surface area contributed by atoms with Crippen LogP contribution in [0.3, 0.4) is 0 Å². The summed E-state index contributed by atoms with van der Waals surface area (Å²) in [6, 6.07) is 2.41. The van der Waals surface area contributed by atoms with Crippen molar-refractivity contribution >= 4 is 27.5 Å². The van der Waals surface area contributed by atoms with Crippen molar-refractivity contribution in [3.63, 3.8) is 0 Å². The maximum atomic E-state index is 12.4. The van der Waals surface area contributed by atoms with E-state index in [0.29, 0.717) is 17.8 Å². The van der Waals surface area contributed by atoms with Crippen molar-refractivity contribution in [1.82, 2.24) is 9.88 Å². The summed E-state index contributed by atoms with van der Waals surface area (Å²) in [5.74, 6) is -0.867. The third-order valence-corrected chi connectivity index (χ3v) is 5.72. The third kappa shape index (κ3) is 5.42. The molecule has 1 aromatic rings. The number of pyridine rings is 1. The Hall–Kier alpha value is -2.16. The first kappa shape index (κ1) is 19.2. The molecule has 9 heteroatoms. The van der Waals surface area contributed by atoms with E-state index in [1.54, 1.807) is 12.1 Å². The van der Waals surface area contributed by atoms with Gasteiger partial charge in [-0.1, -0.05) is 19.8 Å². The van der Waals surface area contributed by atoms with Gasteiger partial charge in [0.2, 0.25) is 0 Å². The Morgan fingerprint density at radius 3 is 2.52 bits per heavy atom. The number of carbonyl (C=O) groups is 2. The zero-order valence-corrected chi connectivity index (χ0v) is 15.0. The molecule has 25 heavy (non-hydrogen) atoms. The van der Waals surface area contributed by atoms with E-state index in [1.807, 2.05) is 6.92 Å². The zero-order valence-electron chi connectivity index (χ0n) is 14.1. The molecule has 1 amide bonds. The molecule has 8 nitrogen and oxygen atoms in total. The number of unbranched alkanes of at least 4 members (excludes halogenated alkanes) is 1. The van der Waals surface area contributed by atoms with Crippen molar-refractivity contribution in [2.45, 2.75) is 32.2 Å². The lowest BCUT2D eigenvalue weighted by Crippen LogP contribution is -2.43. The van der Waals surface area contributed by atoms with Crippen LogP contribution in [0.5, 0.6) is 0 Å². The number of aliphatic carboxylic acids is 1. The number of rotatable bonds is 7. The molecule has 1 fully saturated rings.